The Morgan fingerprint density at radius 2 is 2.19 bits per heavy atom. The van der Waals surface area contributed by atoms with Crippen LogP contribution >= 0.6 is 0 Å². The van der Waals surface area contributed by atoms with Crippen molar-refractivity contribution in [2.45, 2.75) is 13.8 Å². The predicted molar refractivity (Wildman–Crippen MR) is 61.1 cm³/mol. The molecule has 2 rings (SSSR count). The molecular formula is C12H12N2O2. The molecule has 0 saturated heterocycles. The summed E-state index contributed by atoms with van der Waals surface area (Å²) in [6.45, 7) is 4.05. The van der Waals surface area contributed by atoms with Crippen LogP contribution in [0.4, 0.5) is 11.7 Å². The maximum atomic E-state index is 10.4. The number of hydrogen-bond acceptors (Lipinski definition) is 4. The molecule has 2 aromatic rings. The molecule has 4 heteroatoms. The van der Waals surface area contributed by atoms with Gasteiger partial charge in [0.1, 0.15) is 12.0 Å². The minimum absolute atomic E-state index is 0.285. The van der Waals surface area contributed by atoms with Crippen molar-refractivity contribution < 1.29 is 9.21 Å². The first kappa shape index (κ1) is 10.4. The minimum Gasteiger partial charge on any atom is -0.431 e. The highest BCUT2D eigenvalue weighted by atomic mass is 16.4. The molecular weight excluding hydrogens is 204 g/mol. The molecule has 82 valence electrons. The van der Waals surface area contributed by atoms with Crippen LogP contribution in [0.1, 0.15) is 21.6 Å². The molecule has 0 fully saturated rings. The number of carbonyl (C=O) groups excluding carboxylic acids is 1. The third-order valence-corrected chi connectivity index (χ3v) is 2.49. The molecule has 0 aliphatic rings. The van der Waals surface area contributed by atoms with E-state index in [9.17, 15) is 4.79 Å². The number of aryl methyl sites for hydroxylation is 1. The Morgan fingerprint density at radius 3 is 2.88 bits per heavy atom. The van der Waals surface area contributed by atoms with Crippen LogP contribution in [0.25, 0.3) is 0 Å². The molecule has 1 N–H and O–H groups in total. The standard InChI is InChI=1S/C12H12N2O2/c1-8-4-3-5-11(9(8)2)14-12-13-10(6-15)7-16-12/h3-7H,1-2H3,(H,13,14). The van der Waals surface area contributed by atoms with E-state index >= 15 is 0 Å². The van der Waals surface area contributed by atoms with Gasteiger partial charge in [0.15, 0.2) is 6.29 Å². The maximum Gasteiger partial charge on any atom is 0.299 e. The minimum atomic E-state index is 0.285. The number of nitrogens with zero attached hydrogens (tertiary/aromatic N) is 1. The summed E-state index contributed by atoms with van der Waals surface area (Å²) >= 11 is 0. The number of aldehydes is 1. The van der Waals surface area contributed by atoms with Crippen molar-refractivity contribution in [1.82, 2.24) is 4.98 Å². The van der Waals surface area contributed by atoms with Crippen LogP contribution < -0.4 is 5.32 Å². The van der Waals surface area contributed by atoms with Gasteiger partial charge in [0.05, 0.1) is 0 Å². The fourth-order valence-corrected chi connectivity index (χ4v) is 1.40. The van der Waals surface area contributed by atoms with E-state index in [0.29, 0.717) is 12.3 Å². The Balaban J connectivity index is 2.26. The summed E-state index contributed by atoms with van der Waals surface area (Å²) in [4.78, 5) is 14.4. The van der Waals surface area contributed by atoms with E-state index in [0.717, 1.165) is 11.3 Å². The first-order chi connectivity index (χ1) is 7.70. The van der Waals surface area contributed by atoms with Gasteiger partial charge in [0.2, 0.25) is 0 Å². The van der Waals surface area contributed by atoms with Gasteiger partial charge in [-0.1, -0.05) is 12.1 Å². The topological polar surface area (TPSA) is 55.1 Å². The monoisotopic (exact) mass is 216 g/mol. The lowest BCUT2D eigenvalue weighted by molar-refractivity contribution is 0.111. The summed E-state index contributed by atoms with van der Waals surface area (Å²) < 4.78 is 5.10. The van der Waals surface area contributed by atoms with E-state index in [1.807, 2.05) is 32.0 Å². The van der Waals surface area contributed by atoms with Crippen LogP contribution in [0.5, 0.6) is 0 Å². The molecule has 1 heterocycles. The highest BCUT2D eigenvalue weighted by molar-refractivity contribution is 5.72. The second-order valence-electron chi connectivity index (χ2n) is 3.57. The van der Waals surface area contributed by atoms with Crippen molar-refractivity contribution in [3.63, 3.8) is 0 Å². The molecule has 0 bridgehead atoms. The van der Waals surface area contributed by atoms with Gasteiger partial charge in [-0.2, -0.15) is 4.98 Å². The number of nitrogens with one attached hydrogen (secondary N) is 1. The van der Waals surface area contributed by atoms with Gasteiger partial charge in [0.25, 0.3) is 6.01 Å². The van der Waals surface area contributed by atoms with Crippen molar-refractivity contribution in [1.29, 1.82) is 0 Å². The number of aromatic nitrogens is 1. The third kappa shape index (κ3) is 1.95. The van der Waals surface area contributed by atoms with E-state index in [1.54, 1.807) is 0 Å². The smallest absolute Gasteiger partial charge is 0.299 e. The molecule has 0 unspecified atom stereocenters. The molecule has 0 spiro atoms. The molecule has 0 radical (unpaired) electrons. The van der Waals surface area contributed by atoms with Gasteiger partial charge in [-0.15, -0.1) is 0 Å². The van der Waals surface area contributed by atoms with E-state index in [-0.39, 0.29) is 5.69 Å². The van der Waals surface area contributed by atoms with Crippen molar-refractivity contribution in [2.24, 2.45) is 0 Å². The number of carbonyl (C=O) groups is 1. The molecule has 1 aromatic carbocycles. The summed E-state index contributed by atoms with van der Waals surface area (Å²) in [6.07, 6.45) is 1.97. The van der Waals surface area contributed by atoms with Crippen molar-refractivity contribution in [2.75, 3.05) is 5.32 Å². The van der Waals surface area contributed by atoms with E-state index in [2.05, 4.69) is 10.3 Å². The maximum absolute atomic E-state index is 10.4. The number of benzene rings is 1. The lowest BCUT2D eigenvalue weighted by atomic mass is 10.1. The predicted octanol–water partition coefficient (Wildman–Crippen LogP) is 2.85. The van der Waals surface area contributed by atoms with E-state index in [4.69, 9.17) is 4.42 Å². The fourth-order valence-electron chi connectivity index (χ4n) is 1.40. The molecule has 0 amide bonds. The zero-order valence-electron chi connectivity index (χ0n) is 9.15. The number of anilines is 2. The van der Waals surface area contributed by atoms with Crippen molar-refractivity contribution >= 4 is 18.0 Å². The molecule has 16 heavy (non-hydrogen) atoms. The number of rotatable bonds is 3. The quantitative estimate of drug-likeness (QED) is 0.801. The van der Waals surface area contributed by atoms with E-state index < -0.39 is 0 Å². The second-order valence-corrected chi connectivity index (χ2v) is 3.57. The lowest BCUT2D eigenvalue weighted by Crippen LogP contribution is -1.95. The van der Waals surface area contributed by atoms with Crippen LogP contribution in [0.2, 0.25) is 0 Å². The third-order valence-electron chi connectivity index (χ3n) is 2.49. The average Bonchev–Trinajstić information content (AvgIpc) is 2.73. The summed E-state index contributed by atoms with van der Waals surface area (Å²) in [5.41, 5.74) is 3.53. The van der Waals surface area contributed by atoms with Crippen molar-refractivity contribution in [3.8, 4) is 0 Å². The van der Waals surface area contributed by atoms with Gasteiger partial charge >= 0.3 is 0 Å². The van der Waals surface area contributed by atoms with Gasteiger partial charge in [0, 0.05) is 5.69 Å². The Bertz CT molecular complexity index is 517. The fraction of sp³-hybridized carbons (Fsp3) is 0.167. The summed E-state index contributed by atoms with van der Waals surface area (Å²) in [5, 5.41) is 3.03. The number of hydrogen-bond donors (Lipinski definition) is 1. The van der Waals surface area contributed by atoms with Crippen LogP contribution in [0.15, 0.2) is 28.9 Å². The van der Waals surface area contributed by atoms with Crippen LogP contribution in [0.3, 0.4) is 0 Å². The molecule has 0 saturated carbocycles. The Labute approximate surface area is 93.3 Å². The first-order valence-electron chi connectivity index (χ1n) is 4.94. The summed E-state index contributed by atoms with van der Waals surface area (Å²) in [5.74, 6) is 0. The number of oxazole rings is 1. The highest BCUT2D eigenvalue weighted by Gasteiger charge is 2.05. The molecule has 0 aliphatic heterocycles. The average molecular weight is 216 g/mol. The zero-order chi connectivity index (χ0) is 11.5. The van der Waals surface area contributed by atoms with Crippen LogP contribution in [0, 0.1) is 13.8 Å². The van der Waals surface area contributed by atoms with Crippen LogP contribution in [-0.4, -0.2) is 11.3 Å². The largest absolute Gasteiger partial charge is 0.431 e. The second kappa shape index (κ2) is 4.18. The SMILES string of the molecule is Cc1cccc(Nc2nc(C=O)co2)c1C. The Kier molecular flexibility index (Phi) is 2.72. The highest BCUT2D eigenvalue weighted by Crippen LogP contribution is 2.21. The van der Waals surface area contributed by atoms with E-state index in [1.165, 1.54) is 11.8 Å². The van der Waals surface area contributed by atoms with Gasteiger partial charge in [-0.3, -0.25) is 4.79 Å². The normalized spacial score (nSPS) is 10.1. The lowest BCUT2D eigenvalue weighted by Gasteiger charge is -2.07. The van der Waals surface area contributed by atoms with Crippen molar-refractivity contribution in [3.05, 3.63) is 41.3 Å². The molecule has 0 aliphatic carbocycles. The molecule has 4 nitrogen and oxygen atoms in total. The Morgan fingerprint density at radius 1 is 1.38 bits per heavy atom. The van der Waals surface area contributed by atoms with Gasteiger partial charge in [-0.25, -0.2) is 0 Å². The van der Waals surface area contributed by atoms with Crippen LogP contribution in [-0.2, 0) is 0 Å². The summed E-state index contributed by atoms with van der Waals surface area (Å²) in [7, 11) is 0. The molecule has 0 atom stereocenters. The first-order valence-corrected chi connectivity index (χ1v) is 4.94. The van der Waals surface area contributed by atoms with Gasteiger partial charge < -0.3 is 9.73 Å². The zero-order valence-corrected chi connectivity index (χ0v) is 9.15. The molecule has 1 aromatic heterocycles. The summed E-state index contributed by atoms with van der Waals surface area (Å²) in [6, 6.07) is 6.25. The van der Waals surface area contributed by atoms with Gasteiger partial charge in [-0.05, 0) is 31.0 Å². The Hall–Kier alpha value is -2.10.